The van der Waals surface area contributed by atoms with Gasteiger partial charge in [0.15, 0.2) is 0 Å². The number of hydrogen-bond donors (Lipinski definition) is 0. The first-order valence-corrected chi connectivity index (χ1v) is 11.6. The zero-order valence-corrected chi connectivity index (χ0v) is 20.0. The highest BCUT2D eigenvalue weighted by atomic mass is 79.9. The molecule has 0 aliphatic rings. The molecule has 0 saturated heterocycles. The molecule has 0 unspecified atom stereocenters. The van der Waals surface area contributed by atoms with Gasteiger partial charge in [0, 0.05) is 14.6 Å². The van der Waals surface area contributed by atoms with E-state index in [9.17, 15) is 4.79 Å². The molecule has 4 nitrogen and oxygen atoms in total. The van der Waals surface area contributed by atoms with Gasteiger partial charge in [-0.25, -0.2) is 4.79 Å². The maximum Gasteiger partial charge on any atom is 0.349 e. The molecule has 156 valence electrons. The number of carbonyl (C=O) groups is 1. The zero-order chi connectivity index (χ0) is 21.3. The molecule has 0 saturated carbocycles. The van der Waals surface area contributed by atoms with E-state index in [1.807, 2.05) is 0 Å². The average molecular weight is 497 g/mol. The van der Waals surface area contributed by atoms with Crippen LogP contribution in [0.5, 0.6) is 0 Å². The molecule has 1 aromatic heterocycles. The summed E-state index contributed by atoms with van der Waals surface area (Å²) in [4.78, 5) is 12.3. The van der Waals surface area contributed by atoms with Crippen LogP contribution in [0.25, 0.3) is 10.1 Å². The molecule has 1 aromatic carbocycles. The maximum atomic E-state index is 15.2. The minimum Gasteiger partial charge on any atom is -0.456 e. The van der Waals surface area contributed by atoms with E-state index < -0.39 is 25.6 Å². The number of rotatable bonds is 7. The van der Waals surface area contributed by atoms with E-state index >= 15 is 8.78 Å². The van der Waals surface area contributed by atoms with Crippen molar-refractivity contribution in [1.82, 2.24) is 0 Å². The van der Waals surface area contributed by atoms with E-state index in [1.165, 1.54) is 0 Å². The van der Waals surface area contributed by atoms with Gasteiger partial charge in [-0.1, -0.05) is 0 Å². The number of esters is 1. The van der Waals surface area contributed by atoms with E-state index in [0.717, 1.165) is 16.9 Å². The Morgan fingerprint density at radius 2 is 1.75 bits per heavy atom. The number of fused-ring (bicyclic) bond motifs is 1. The van der Waals surface area contributed by atoms with Crippen molar-refractivity contribution >= 4 is 51.7 Å². The van der Waals surface area contributed by atoms with E-state index in [2.05, 4.69) is 15.9 Å². The van der Waals surface area contributed by atoms with Gasteiger partial charge in [0.2, 0.25) is 0 Å². The van der Waals surface area contributed by atoms with Crippen LogP contribution in [0.3, 0.4) is 0 Å². The highest BCUT2D eigenvalue weighted by molar-refractivity contribution is 9.10. The zero-order valence-electron chi connectivity index (χ0n) is 16.7. The molecule has 0 spiro atoms. The Balaban J connectivity index is 2.55. The van der Waals surface area contributed by atoms with Gasteiger partial charge in [-0.3, -0.25) is 0 Å². The van der Waals surface area contributed by atoms with Gasteiger partial charge in [-0.15, -0.1) is 11.3 Å². The van der Waals surface area contributed by atoms with Crippen molar-refractivity contribution in [3.05, 3.63) is 32.6 Å². The average Bonchev–Trinajstić information content (AvgIpc) is 2.91. The molecule has 0 amide bonds. The molecule has 2 aromatic rings. The summed E-state index contributed by atoms with van der Waals surface area (Å²) in [6.45, 7) is 10.7. The highest BCUT2D eigenvalue weighted by Crippen LogP contribution is 2.63. The molecule has 0 aliphatic heterocycles. The smallest absolute Gasteiger partial charge is 0.349 e. The number of hydrogen-bond acceptors (Lipinski definition) is 5. The quantitative estimate of drug-likeness (QED) is 0.296. The second-order valence-corrected chi connectivity index (χ2v) is 10.5. The summed E-state index contributed by atoms with van der Waals surface area (Å²) in [6.07, 6.45) is 0. The maximum absolute atomic E-state index is 15.2. The van der Waals surface area contributed by atoms with Gasteiger partial charge < -0.3 is 13.8 Å². The number of ether oxygens (including phenoxy) is 1. The summed E-state index contributed by atoms with van der Waals surface area (Å²) in [6, 6.07) is 3.25. The van der Waals surface area contributed by atoms with Crippen LogP contribution in [0.4, 0.5) is 8.78 Å². The lowest BCUT2D eigenvalue weighted by molar-refractivity contribution is 0.00695. The molecular weight excluding hydrogens is 473 g/mol. The molecule has 0 atom stereocenters. The SMILES string of the molecule is CCOP(OCC)C(F)(F)c1sc2c(C)cc(C(=O)OC(C)(C)C)cc2c1Br. The third-order valence-electron chi connectivity index (χ3n) is 3.54. The molecule has 0 N–H and O–H groups in total. The Labute approximate surface area is 177 Å². The van der Waals surface area contributed by atoms with Crippen LogP contribution >= 0.6 is 35.6 Å². The first kappa shape index (κ1) is 23.6. The summed E-state index contributed by atoms with van der Waals surface area (Å²) >= 11 is 4.29. The molecule has 1 heterocycles. The fraction of sp³-hybridized carbons (Fsp3) is 0.526. The number of benzene rings is 1. The van der Waals surface area contributed by atoms with Gasteiger partial charge in [-0.05, 0) is 75.2 Å². The lowest BCUT2D eigenvalue weighted by atomic mass is 10.1. The fourth-order valence-corrected chi connectivity index (χ4v) is 6.12. The Morgan fingerprint density at radius 3 is 2.25 bits per heavy atom. The lowest BCUT2D eigenvalue weighted by Crippen LogP contribution is -2.23. The van der Waals surface area contributed by atoms with Crippen molar-refractivity contribution in [2.45, 2.75) is 52.8 Å². The number of halogens is 3. The summed E-state index contributed by atoms with van der Waals surface area (Å²) in [7, 11) is -2.43. The standard InChI is InChI=1S/C19H24BrF2O4PS/c1-7-24-27(25-8-2)19(21,22)16-14(20)13-10-12(9-11(3)15(13)28-16)17(23)26-18(4,5)6/h9-10H,7-8H2,1-6H3. The van der Waals surface area contributed by atoms with Crippen molar-refractivity contribution in [3.8, 4) is 0 Å². The molecule has 2 rings (SSSR count). The van der Waals surface area contributed by atoms with Gasteiger partial charge in [0.1, 0.15) is 5.60 Å². The van der Waals surface area contributed by atoms with Gasteiger partial charge in [0.05, 0.1) is 23.7 Å². The van der Waals surface area contributed by atoms with E-state index in [0.29, 0.717) is 15.6 Å². The molecule has 0 aliphatic carbocycles. The van der Waals surface area contributed by atoms with Crippen LogP contribution in [-0.4, -0.2) is 24.8 Å². The summed E-state index contributed by atoms with van der Waals surface area (Å²) in [5, 5.41) is 0.545. The first-order chi connectivity index (χ1) is 12.9. The molecule has 0 fully saturated rings. The predicted molar refractivity (Wildman–Crippen MR) is 113 cm³/mol. The highest BCUT2D eigenvalue weighted by Gasteiger charge is 2.48. The number of carbonyl (C=O) groups excluding carboxylic acids is 1. The van der Waals surface area contributed by atoms with Crippen molar-refractivity contribution in [3.63, 3.8) is 0 Å². The van der Waals surface area contributed by atoms with E-state index in [-0.39, 0.29) is 22.6 Å². The molecule has 28 heavy (non-hydrogen) atoms. The topological polar surface area (TPSA) is 44.8 Å². The van der Waals surface area contributed by atoms with Crippen LogP contribution in [0.1, 0.15) is 55.4 Å². The number of aryl methyl sites for hydroxylation is 1. The number of alkyl halides is 2. The van der Waals surface area contributed by atoms with Crippen molar-refractivity contribution in [2.75, 3.05) is 13.2 Å². The number of thiophene rings is 1. The minimum absolute atomic E-state index is 0.131. The van der Waals surface area contributed by atoms with Gasteiger partial charge in [0.25, 0.3) is 8.38 Å². The molecule has 9 heteroatoms. The Kier molecular flexibility index (Phi) is 7.59. The summed E-state index contributed by atoms with van der Waals surface area (Å²) in [5.74, 6) is -0.491. The van der Waals surface area contributed by atoms with Crippen LogP contribution in [-0.2, 0) is 19.4 Å². The predicted octanol–water partition coefficient (Wildman–Crippen LogP) is 7.36. The third kappa shape index (κ3) is 5.08. The Hall–Kier alpha value is -0.660. The Morgan fingerprint density at radius 1 is 1.18 bits per heavy atom. The van der Waals surface area contributed by atoms with Gasteiger partial charge >= 0.3 is 11.6 Å². The second kappa shape index (κ2) is 9.00. The second-order valence-electron chi connectivity index (χ2n) is 7.05. The van der Waals surface area contributed by atoms with Crippen molar-refractivity contribution < 1.29 is 27.4 Å². The van der Waals surface area contributed by atoms with E-state index in [4.69, 9.17) is 13.8 Å². The molecule has 0 radical (unpaired) electrons. The van der Waals surface area contributed by atoms with Crippen molar-refractivity contribution in [2.24, 2.45) is 0 Å². The monoisotopic (exact) mass is 496 g/mol. The van der Waals surface area contributed by atoms with Crippen LogP contribution < -0.4 is 0 Å². The lowest BCUT2D eigenvalue weighted by Gasteiger charge is -2.24. The first-order valence-electron chi connectivity index (χ1n) is 8.82. The summed E-state index contributed by atoms with van der Waals surface area (Å²) < 4.78 is 47.1. The summed E-state index contributed by atoms with van der Waals surface area (Å²) in [5.41, 5.74) is -2.88. The minimum atomic E-state index is -3.29. The third-order valence-corrected chi connectivity index (χ3v) is 7.86. The fourth-order valence-electron chi connectivity index (χ4n) is 2.51. The van der Waals surface area contributed by atoms with Crippen molar-refractivity contribution in [1.29, 1.82) is 0 Å². The van der Waals surface area contributed by atoms with Crippen LogP contribution in [0, 0.1) is 6.92 Å². The molecular formula is C19H24BrF2O4PS. The van der Waals surface area contributed by atoms with Gasteiger partial charge in [-0.2, -0.15) is 8.78 Å². The normalized spacial score (nSPS) is 12.8. The van der Waals surface area contributed by atoms with E-state index in [1.54, 1.807) is 53.7 Å². The molecule has 0 bridgehead atoms. The Bertz CT molecular complexity index is 858. The largest absolute Gasteiger partial charge is 0.456 e. The van der Waals surface area contributed by atoms with Crippen LogP contribution in [0.15, 0.2) is 16.6 Å². The van der Waals surface area contributed by atoms with Crippen LogP contribution in [0.2, 0.25) is 0 Å².